The van der Waals surface area contributed by atoms with Crippen LogP contribution in [0.15, 0.2) is 0 Å². The van der Waals surface area contributed by atoms with Crippen molar-refractivity contribution in [2.45, 2.75) is 4.94 Å². The van der Waals surface area contributed by atoms with Crippen LogP contribution >= 0.6 is 8.92 Å². The Morgan fingerprint density at radius 1 is 1.29 bits per heavy atom. The maximum absolute atomic E-state index is 5.17. The molecule has 1 nitrogen and oxygen atoms in total. The SMILES string of the molecule is CN(C)C.[CH3][Sn][Cl]. The number of nitrogens with zero attached hydrogens (tertiary/aromatic N) is 1. The van der Waals surface area contributed by atoms with Gasteiger partial charge >= 0.3 is 33.9 Å². The van der Waals surface area contributed by atoms with Gasteiger partial charge < -0.3 is 4.90 Å². The molecule has 0 fully saturated rings. The number of halogens is 1. The first-order valence-corrected chi connectivity index (χ1v) is 8.50. The molecule has 0 aliphatic carbocycles. The van der Waals surface area contributed by atoms with E-state index in [1.54, 1.807) is 0 Å². The molecule has 0 unspecified atom stereocenters. The fraction of sp³-hybridized carbons (Fsp3) is 1.00. The molecule has 0 aromatic carbocycles. The molecule has 0 aliphatic rings. The van der Waals surface area contributed by atoms with Gasteiger partial charge in [-0.1, -0.05) is 0 Å². The molecule has 44 valence electrons. The first-order valence-electron chi connectivity index (χ1n) is 2.03. The van der Waals surface area contributed by atoms with Crippen LogP contribution in [0.25, 0.3) is 0 Å². The quantitative estimate of drug-likeness (QED) is 0.561. The van der Waals surface area contributed by atoms with E-state index in [0.29, 0.717) is 0 Å². The zero-order valence-corrected chi connectivity index (χ0v) is 8.94. The summed E-state index contributed by atoms with van der Waals surface area (Å²) in [6, 6.07) is 0. The van der Waals surface area contributed by atoms with Crippen LogP contribution < -0.4 is 0 Å². The molecule has 0 aliphatic heterocycles. The first-order chi connectivity index (χ1) is 3.15. The molecule has 0 saturated carbocycles. The molecule has 3 heteroatoms. The summed E-state index contributed by atoms with van der Waals surface area (Å²) in [5.41, 5.74) is 0. The third-order valence-corrected chi connectivity index (χ3v) is 0. The molecule has 0 rings (SSSR count). The summed E-state index contributed by atoms with van der Waals surface area (Å²) in [5, 5.41) is 0. The van der Waals surface area contributed by atoms with Crippen molar-refractivity contribution in [2.24, 2.45) is 0 Å². The molecule has 0 heterocycles. The van der Waals surface area contributed by atoms with Crippen LogP contribution in [0.3, 0.4) is 0 Å². The van der Waals surface area contributed by atoms with Crippen molar-refractivity contribution in [3.63, 3.8) is 0 Å². The van der Waals surface area contributed by atoms with Gasteiger partial charge in [0.25, 0.3) is 0 Å². The Morgan fingerprint density at radius 2 is 1.29 bits per heavy atom. The number of hydrogen-bond donors (Lipinski definition) is 0. The number of rotatable bonds is 0. The standard InChI is InChI=1S/C3H9N.CH3.ClH.Sn/c1-4(2)3;;;/h1-3H3;1H3;1H;/q;;;+1/p-1. The Morgan fingerprint density at radius 3 is 1.29 bits per heavy atom. The monoisotopic (exact) mass is 229 g/mol. The molecule has 0 saturated heterocycles. The Bertz CT molecular complexity index is 22.9. The molecule has 0 aromatic rings. The summed E-state index contributed by atoms with van der Waals surface area (Å²) in [6.45, 7) is 0. The maximum atomic E-state index is 5.17. The van der Waals surface area contributed by atoms with E-state index in [-0.39, 0.29) is 20.0 Å². The van der Waals surface area contributed by atoms with E-state index in [1.165, 1.54) is 0 Å². The van der Waals surface area contributed by atoms with E-state index in [4.69, 9.17) is 8.92 Å². The van der Waals surface area contributed by atoms with E-state index in [2.05, 4.69) is 4.94 Å². The molecule has 2 radical (unpaired) electrons. The van der Waals surface area contributed by atoms with Gasteiger partial charge in [0.15, 0.2) is 0 Å². The average Bonchev–Trinajstić information content (AvgIpc) is 1.33. The first kappa shape index (κ1) is 10.9. The molecular formula is C4H12ClNSn. The van der Waals surface area contributed by atoms with Crippen LogP contribution in [0.5, 0.6) is 0 Å². The fourth-order valence-corrected chi connectivity index (χ4v) is 0. The minimum atomic E-state index is -0.298. The van der Waals surface area contributed by atoms with Gasteiger partial charge in [0, 0.05) is 0 Å². The molecule has 7 heavy (non-hydrogen) atoms. The molecule has 0 amide bonds. The van der Waals surface area contributed by atoms with Crippen molar-refractivity contribution in [3.8, 4) is 0 Å². The molecular weight excluding hydrogens is 216 g/mol. The van der Waals surface area contributed by atoms with Crippen molar-refractivity contribution in [1.29, 1.82) is 0 Å². The summed E-state index contributed by atoms with van der Waals surface area (Å²) in [5.74, 6) is 0. The van der Waals surface area contributed by atoms with E-state index in [0.717, 1.165) is 0 Å². The van der Waals surface area contributed by atoms with Crippen molar-refractivity contribution >= 4 is 28.9 Å². The van der Waals surface area contributed by atoms with Crippen molar-refractivity contribution in [3.05, 3.63) is 0 Å². The second-order valence-corrected chi connectivity index (χ2v) is 5.14. The van der Waals surface area contributed by atoms with Gasteiger partial charge in [0.2, 0.25) is 0 Å². The van der Waals surface area contributed by atoms with E-state index >= 15 is 0 Å². The van der Waals surface area contributed by atoms with Crippen molar-refractivity contribution in [2.75, 3.05) is 21.1 Å². The molecule has 0 N–H and O–H groups in total. The summed E-state index contributed by atoms with van der Waals surface area (Å²) in [6.07, 6.45) is 0. The third kappa shape index (κ3) is 163. The summed E-state index contributed by atoms with van der Waals surface area (Å²) in [7, 11) is 11.2. The molecule has 0 spiro atoms. The topological polar surface area (TPSA) is 3.24 Å². The average molecular weight is 228 g/mol. The zero-order valence-electron chi connectivity index (χ0n) is 5.33. The van der Waals surface area contributed by atoms with Gasteiger partial charge in [-0.05, 0) is 21.1 Å². The Balaban J connectivity index is 0. The van der Waals surface area contributed by atoms with Gasteiger partial charge in [-0.15, -0.1) is 0 Å². The summed E-state index contributed by atoms with van der Waals surface area (Å²) >= 11 is -0.298. The van der Waals surface area contributed by atoms with Crippen molar-refractivity contribution < 1.29 is 0 Å². The van der Waals surface area contributed by atoms with Crippen LogP contribution in [-0.2, 0) is 0 Å². The Kier molecular flexibility index (Phi) is 15.8. The van der Waals surface area contributed by atoms with E-state index in [1.807, 2.05) is 26.0 Å². The second kappa shape index (κ2) is 10.1. The van der Waals surface area contributed by atoms with E-state index in [9.17, 15) is 0 Å². The predicted octanol–water partition coefficient (Wildman–Crippen LogP) is 1.07. The van der Waals surface area contributed by atoms with Crippen LogP contribution in [0.2, 0.25) is 4.94 Å². The summed E-state index contributed by atoms with van der Waals surface area (Å²) < 4.78 is 0. The van der Waals surface area contributed by atoms with Gasteiger partial charge in [-0.2, -0.15) is 0 Å². The molecule has 0 aromatic heterocycles. The molecule has 0 atom stereocenters. The van der Waals surface area contributed by atoms with Gasteiger partial charge in [-0.3, -0.25) is 0 Å². The Hall–Kier alpha value is 1.05. The minimum absolute atomic E-state index is 0.298. The number of hydrogen-bond acceptors (Lipinski definition) is 1. The molecule has 0 bridgehead atoms. The van der Waals surface area contributed by atoms with Gasteiger partial charge in [-0.25, -0.2) is 0 Å². The Labute approximate surface area is 60.0 Å². The predicted molar refractivity (Wildman–Crippen MR) is 37.1 cm³/mol. The summed E-state index contributed by atoms with van der Waals surface area (Å²) in [4.78, 5) is 4.06. The second-order valence-electron chi connectivity index (χ2n) is 1.53. The van der Waals surface area contributed by atoms with Crippen LogP contribution in [0.1, 0.15) is 0 Å². The van der Waals surface area contributed by atoms with Crippen LogP contribution in [0, 0.1) is 0 Å². The third-order valence-electron chi connectivity index (χ3n) is 0. The normalized spacial score (nSPS) is 7.71. The van der Waals surface area contributed by atoms with Crippen LogP contribution in [0.4, 0.5) is 0 Å². The van der Waals surface area contributed by atoms with Crippen LogP contribution in [-0.4, -0.2) is 46.1 Å². The van der Waals surface area contributed by atoms with Crippen molar-refractivity contribution in [1.82, 2.24) is 4.90 Å². The van der Waals surface area contributed by atoms with Gasteiger partial charge in [0.05, 0.1) is 0 Å². The zero-order chi connectivity index (χ0) is 6.28. The van der Waals surface area contributed by atoms with Gasteiger partial charge in [0.1, 0.15) is 0 Å². The van der Waals surface area contributed by atoms with E-state index < -0.39 is 0 Å². The fourth-order valence-electron chi connectivity index (χ4n) is 0.